The van der Waals surface area contributed by atoms with Crippen LogP contribution in [0, 0.1) is 11.6 Å². The number of hydrogen-bond donors (Lipinski definition) is 1. The van der Waals surface area contributed by atoms with Gasteiger partial charge in [-0.1, -0.05) is 0 Å². The molecule has 94 valence electrons. The van der Waals surface area contributed by atoms with Crippen molar-refractivity contribution < 1.29 is 13.5 Å². The fraction of sp³-hybridized carbons (Fsp3) is 0.154. The van der Waals surface area contributed by atoms with E-state index >= 15 is 0 Å². The summed E-state index contributed by atoms with van der Waals surface area (Å²) in [5, 5.41) is 2.95. The van der Waals surface area contributed by atoms with Crippen molar-refractivity contribution in [2.45, 2.75) is 6.54 Å². The molecular weight excluding hydrogens is 238 g/mol. The van der Waals surface area contributed by atoms with Crippen molar-refractivity contribution in [3.05, 3.63) is 53.9 Å². The van der Waals surface area contributed by atoms with Gasteiger partial charge in [-0.15, -0.1) is 0 Å². The first-order valence-corrected chi connectivity index (χ1v) is 5.41. The Bertz CT molecular complexity index is 546. The summed E-state index contributed by atoms with van der Waals surface area (Å²) in [7, 11) is 1.78. The molecule has 18 heavy (non-hydrogen) atoms. The summed E-state index contributed by atoms with van der Waals surface area (Å²) >= 11 is 0. The van der Waals surface area contributed by atoms with E-state index in [1.165, 1.54) is 6.20 Å². The SMILES string of the molecule is CNCc1cnccc1Oc1cc(F)ccc1F. The van der Waals surface area contributed by atoms with Crippen molar-refractivity contribution in [3.63, 3.8) is 0 Å². The first-order valence-electron chi connectivity index (χ1n) is 5.41. The van der Waals surface area contributed by atoms with Crippen molar-refractivity contribution in [1.29, 1.82) is 0 Å². The van der Waals surface area contributed by atoms with Crippen LogP contribution >= 0.6 is 0 Å². The molecule has 0 radical (unpaired) electrons. The zero-order valence-corrected chi connectivity index (χ0v) is 9.78. The molecule has 1 heterocycles. The van der Waals surface area contributed by atoms with Gasteiger partial charge in [-0.2, -0.15) is 0 Å². The van der Waals surface area contributed by atoms with Gasteiger partial charge in [-0.3, -0.25) is 4.98 Å². The monoisotopic (exact) mass is 250 g/mol. The number of benzene rings is 1. The lowest BCUT2D eigenvalue weighted by Gasteiger charge is -2.10. The first kappa shape index (κ1) is 12.4. The Morgan fingerprint density at radius 3 is 2.83 bits per heavy atom. The standard InChI is InChI=1S/C13H12F2N2O/c1-16-7-9-8-17-5-4-12(9)18-13-6-10(14)2-3-11(13)15/h2-6,8,16H,7H2,1H3. The van der Waals surface area contributed by atoms with Gasteiger partial charge in [0, 0.05) is 30.6 Å². The lowest BCUT2D eigenvalue weighted by molar-refractivity contribution is 0.430. The second-order valence-corrected chi connectivity index (χ2v) is 3.69. The number of hydrogen-bond acceptors (Lipinski definition) is 3. The van der Waals surface area contributed by atoms with E-state index in [1.807, 2.05) is 0 Å². The molecule has 0 saturated carbocycles. The summed E-state index contributed by atoms with van der Waals surface area (Å²) in [6, 6.07) is 4.70. The Balaban J connectivity index is 2.30. The van der Waals surface area contributed by atoms with Crippen LogP contribution in [0.15, 0.2) is 36.7 Å². The molecule has 5 heteroatoms. The predicted octanol–water partition coefficient (Wildman–Crippen LogP) is 2.87. The van der Waals surface area contributed by atoms with Gasteiger partial charge in [0.15, 0.2) is 11.6 Å². The molecule has 0 atom stereocenters. The van der Waals surface area contributed by atoms with Crippen molar-refractivity contribution in [2.75, 3.05) is 7.05 Å². The Morgan fingerprint density at radius 1 is 1.22 bits per heavy atom. The van der Waals surface area contributed by atoms with Crippen molar-refractivity contribution >= 4 is 0 Å². The number of nitrogens with one attached hydrogen (secondary N) is 1. The van der Waals surface area contributed by atoms with E-state index in [-0.39, 0.29) is 5.75 Å². The number of aromatic nitrogens is 1. The molecule has 0 aliphatic rings. The van der Waals surface area contributed by atoms with Crippen LogP contribution in [-0.2, 0) is 6.54 Å². The van der Waals surface area contributed by atoms with Crippen molar-refractivity contribution in [3.8, 4) is 11.5 Å². The van der Waals surface area contributed by atoms with Gasteiger partial charge in [0.2, 0.25) is 0 Å². The van der Waals surface area contributed by atoms with Gasteiger partial charge in [-0.25, -0.2) is 8.78 Å². The normalized spacial score (nSPS) is 10.4. The third kappa shape index (κ3) is 2.81. The van der Waals surface area contributed by atoms with Gasteiger partial charge in [0.25, 0.3) is 0 Å². The van der Waals surface area contributed by atoms with E-state index in [0.29, 0.717) is 12.3 Å². The lowest BCUT2D eigenvalue weighted by atomic mass is 10.2. The first-order chi connectivity index (χ1) is 8.70. The number of halogens is 2. The highest BCUT2D eigenvalue weighted by atomic mass is 19.1. The molecule has 0 saturated heterocycles. The molecule has 2 rings (SSSR count). The Hall–Kier alpha value is -2.01. The fourth-order valence-corrected chi connectivity index (χ4v) is 1.51. The quantitative estimate of drug-likeness (QED) is 0.906. The third-order valence-corrected chi connectivity index (χ3v) is 2.34. The fourth-order valence-electron chi connectivity index (χ4n) is 1.51. The van der Waals surface area contributed by atoms with Crippen molar-refractivity contribution in [2.24, 2.45) is 0 Å². The Labute approximate surface area is 103 Å². The topological polar surface area (TPSA) is 34.2 Å². The molecule has 0 amide bonds. The molecule has 1 N–H and O–H groups in total. The van der Waals surface area contributed by atoms with E-state index < -0.39 is 11.6 Å². The summed E-state index contributed by atoms with van der Waals surface area (Å²) in [5.74, 6) is -0.846. The van der Waals surface area contributed by atoms with Gasteiger partial charge < -0.3 is 10.1 Å². The number of rotatable bonds is 4. The second kappa shape index (κ2) is 5.55. The maximum Gasteiger partial charge on any atom is 0.165 e. The Morgan fingerprint density at radius 2 is 2.06 bits per heavy atom. The summed E-state index contributed by atoms with van der Waals surface area (Å²) in [4.78, 5) is 3.96. The zero-order valence-electron chi connectivity index (χ0n) is 9.78. The molecule has 1 aromatic heterocycles. The zero-order chi connectivity index (χ0) is 13.0. The van der Waals surface area contributed by atoms with E-state index in [0.717, 1.165) is 23.8 Å². The van der Waals surface area contributed by atoms with Gasteiger partial charge in [0.05, 0.1) is 0 Å². The average Bonchev–Trinajstić information content (AvgIpc) is 2.36. The minimum absolute atomic E-state index is 0.140. The molecule has 0 spiro atoms. The highest BCUT2D eigenvalue weighted by Gasteiger charge is 2.09. The molecule has 0 unspecified atom stereocenters. The lowest BCUT2D eigenvalue weighted by Crippen LogP contribution is -2.07. The van der Waals surface area contributed by atoms with Crippen LogP contribution in [0.2, 0.25) is 0 Å². The molecule has 0 aliphatic carbocycles. The number of pyridine rings is 1. The van der Waals surface area contributed by atoms with E-state index in [4.69, 9.17) is 4.74 Å². The smallest absolute Gasteiger partial charge is 0.165 e. The molecule has 0 aliphatic heterocycles. The summed E-state index contributed by atoms with van der Waals surface area (Å²) < 4.78 is 31.9. The number of nitrogens with zero attached hydrogens (tertiary/aromatic N) is 1. The van der Waals surface area contributed by atoms with Crippen LogP contribution in [0.25, 0.3) is 0 Å². The van der Waals surface area contributed by atoms with Crippen LogP contribution in [0.4, 0.5) is 8.78 Å². The van der Waals surface area contributed by atoms with Gasteiger partial charge in [0.1, 0.15) is 11.6 Å². The molecule has 0 fully saturated rings. The highest BCUT2D eigenvalue weighted by Crippen LogP contribution is 2.27. The van der Waals surface area contributed by atoms with Gasteiger partial charge in [-0.05, 0) is 25.2 Å². The molecule has 1 aromatic carbocycles. The van der Waals surface area contributed by atoms with Gasteiger partial charge >= 0.3 is 0 Å². The van der Waals surface area contributed by atoms with Crippen LogP contribution in [0.5, 0.6) is 11.5 Å². The minimum atomic E-state index is -0.608. The van der Waals surface area contributed by atoms with Crippen LogP contribution in [0.1, 0.15) is 5.56 Å². The molecule has 0 bridgehead atoms. The molecular formula is C13H12F2N2O. The van der Waals surface area contributed by atoms with Crippen LogP contribution < -0.4 is 10.1 Å². The predicted molar refractivity (Wildman–Crippen MR) is 63.4 cm³/mol. The summed E-state index contributed by atoms with van der Waals surface area (Å²) in [6.07, 6.45) is 3.15. The summed E-state index contributed by atoms with van der Waals surface area (Å²) in [6.45, 7) is 0.528. The van der Waals surface area contributed by atoms with E-state index in [9.17, 15) is 8.78 Å². The number of ether oxygens (including phenoxy) is 1. The second-order valence-electron chi connectivity index (χ2n) is 3.69. The van der Waals surface area contributed by atoms with E-state index in [1.54, 1.807) is 19.3 Å². The largest absolute Gasteiger partial charge is 0.454 e. The van der Waals surface area contributed by atoms with Crippen LogP contribution in [0.3, 0.4) is 0 Å². The minimum Gasteiger partial charge on any atom is -0.454 e. The molecule has 2 aromatic rings. The highest BCUT2D eigenvalue weighted by molar-refractivity contribution is 5.36. The molecule has 3 nitrogen and oxygen atoms in total. The Kier molecular flexibility index (Phi) is 3.84. The van der Waals surface area contributed by atoms with Crippen molar-refractivity contribution in [1.82, 2.24) is 10.3 Å². The average molecular weight is 250 g/mol. The van der Waals surface area contributed by atoms with Crippen LogP contribution in [-0.4, -0.2) is 12.0 Å². The maximum absolute atomic E-state index is 13.4. The summed E-state index contributed by atoms with van der Waals surface area (Å²) in [5.41, 5.74) is 0.767. The third-order valence-electron chi connectivity index (χ3n) is 2.34. The maximum atomic E-state index is 13.4. The van der Waals surface area contributed by atoms with E-state index in [2.05, 4.69) is 10.3 Å².